The molecule has 3 nitrogen and oxygen atoms in total. The zero-order valence-corrected chi connectivity index (χ0v) is 9.84. The van der Waals surface area contributed by atoms with Crippen LogP contribution in [0.5, 0.6) is 0 Å². The van der Waals surface area contributed by atoms with Gasteiger partial charge in [0.15, 0.2) is 5.78 Å². The zero-order valence-electron chi connectivity index (χ0n) is 9.84. The lowest BCUT2D eigenvalue weighted by Gasteiger charge is -2.27. The third-order valence-electron chi connectivity index (χ3n) is 3.47. The van der Waals surface area contributed by atoms with Crippen molar-refractivity contribution in [1.82, 2.24) is 0 Å². The van der Waals surface area contributed by atoms with E-state index in [-0.39, 0.29) is 30.0 Å². The Hall–Kier alpha value is -1.19. The van der Waals surface area contributed by atoms with Gasteiger partial charge in [-0.2, -0.15) is 0 Å². The van der Waals surface area contributed by atoms with Crippen LogP contribution < -0.4 is 0 Å². The molecule has 1 saturated heterocycles. The number of ether oxygens (including phenoxy) is 2. The molecule has 1 aromatic rings. The Morgan fingerprint density at radius 2 is 2.12 bits per heavy atom. The first kappa shape index (κ1) is 10.9. The molecule has 1 aromatic carbocycles. The summed E-state index contributed by atoms with van der Waals surface area (Å²) < 4.78 is 11.4. The number of Topliss-reactive ketones (excluding diaryl/α,β-unsaturated/α-hetero) is 1. The summed E-state index contributed by atoms with van der Waals surface area (Å²) in [5, 5.41) is 0. The molecule has 2 fully saturated rings. The maximum Gasteiger partial charge on any atom is 0.169 e. The van der Waals surface area contributed by atoms with Crippen molar-refractivity contribution >= 4 is 5.78 Å². The molecule has 0 bridgehead atoms. The maximum atomic E-state index is 12.0. The van der Waals surface area contributed by atoms with Gasteiger partial charge in [-0.1, -0.05) is 30.3 Å². The highest BCUT2D eigenvalue weighted by Gasteiger charge is 2.53. The van der Waals surface area contributed by atoms with Crippen molar-refractivity contribution in [3.05, 3.63) is 35.9 Å². The van der Waals surface area contributed by atoms with Gasteiger partial charge in [0.1, 0.15) is 6.10 Å². The minimum atomic E-state index is -0.390. The molecular weight excluding hydrogens is 216 g/mol. The Labute approximate surface area is 101 Å². The van der Waals surface area contributed by atoms with Crippen LogP contribution in [-0.2, 0) is 20.9 Å². The van der Waals surface area contributed by atoms with Gasteiger partial charge >= 0.3 is 0 Å². The van der Waals surface area contributed by atoms with Crippen molar-refractivity contribution < 1.29 is 14.3 Å². The maximum absolute atomic E-state index is 12.0. The predicted octanol–water partition coefficient (Wildman–Crippen LogP) is 1.95. The number of benzene rings is 1. The normalized spacial score (nSPS) is 35.5. The SMILES string of the molecule is C[C@H]1O[C@@H]2C[C@@H]2C(=O)[C@@H]1OCc1ccccc1. The summed E-state index contributed by atoms with van der Waals surface area (Å²) in [6, 6.07) is 9.91. The quantitative estimate of drug-likeness (QED) is 0.799. The molecule has 0 spiro atoms. The first-order valence-corrected chi connectivity index (χ1v) is 6.10. The summed E-state index contributed by atoms with van der Waals surface area (Å²) in [5.74, 6) is 0.330. The highest BCUT2D eigenvalue weighted by Crippen LogP contribution is 2.41. The Kier molecular flexibility index (Phi) is 2.73. The third-order valence-corrected chi connectivity index (χ3v) is 3.47. The third kappa shape index (κ3) is 2.13. The lowest BCUT2D eigenvalue weighted by molar-refractivity contribution is -0.155. The molecule has 1 aliphatic heterocycles. The van der Waals surface area contributed by atoms with E-state index in [0.717, 1.165) is 12.0 Å². The smallest absolute Gasteiger partial charge is 0.169 e. The lowest BCUT2D eigenvalue weighted by Crippen LogP contribution is -2.42. The van der Waals surface area contributed by atoms with Crippen LogP contribution in [0, 0.1) is 5.92 Å². The van der Waals surface area contributed by atoms with Gasteiger partial charge < -0.3 is 9.47 Å². The van der Waals surface area contributed by atoms with Crippen LogP contribution in [0.3, 0.4) is 0 Å². The second-order valence-electron chi connectivity index (χ2n) is 4.84. The summed E-state index contributed by atoms with van der Waals surface area (Å²) in [7, 11) is 0. The van der Waals surface area contributed by atoms with Crippen LogP contribution >= 0.6 is 0 Å². The van der Waals surface area contributed by atoms with E-state index in [4.69, 9.17) is 9.47 Å². The molecule has 1 aliphatic carbocycles. The molecule has 17 heavy (non-hydrogen) atoms. The molecule has 3 rings (SSSR count). The molecule has 0 unspecified atom stereocenters. The minimum Gasteiger partial charge on any atom is -0.371 e. The van der Waals surface area contributed by atoms with Gasteiger partial charge in [-0.05, 0) is 18.9 Å². The van der Waals surface area contributed by atoms with E-state index in [1.165, 1.54) is 0 Å². The Morgan fingerprint density at radius 3 is 2.88 bits per heavy atom. The summed E-state index contributed by atoms with van der Waals surface area (Å²) in [6.07, 6.45) is 0.553. The summed E-state index contributed by atoms with van der Waals surface area (Å²) in [5.41, 5.74) is 1.09. The first-order chi connectivity index (χ1) is 8.25. The number of fused-ring (bicyclic) bond motifs is 1. The lowest BCUT2D eigenvalue weighted by atomic mass is 10.0. The predicted molar refractivity (Wildman–Crippen MR) is 62.5 cm³/mol. The van der Waals surface area contributed by atoms with E-state index in [1.807, 2.05) is 37.3 Å². The van der Waals surface area contributed by atoms with E-state index in [1.54, 1.807) is 0 Å². The average Bonchev–Trinajstić information content (AvgIpc) is 3.09. The topological polar surface area (TPSA) is 35.5 Å². The van der Waals surface area contributed by atoms with Crippen LogP contribution in [0.4, 0.5) is 0 Å². The minimum absolute atomic E-state index is 0.104. The monoisotopic (exact) mass is 232 g/mol. The number of rotatable bonds is 3. The van der Waals surface area contributed by atoms with Crippen molar-refractivity contribution in [3.8, 4) is 0 Å². The number of hydrogen-bond acceptors (Lipinski definition) is 3. The van der Waals surface area contributed by atoms with Crippen LogP contribution in [0.2, 0.25) is 0 Å². The molecule has 2 aliphatic rings. The summed E-state index contributed by atoms with van der Waals surface area (Å²) in [6.45, 7) is 2.39. The molecule has 0 amide bonds. The molecule has 1 saturated carbocycles. The molecule has 3 heteroatoms. The molecule has 0 aromatic heterocycles. The van der Waals surface area contributed by atoms with Crippen molar-refractivity contribution in [2.45, 2.75) is 38.3 Å². The highest BCUT2D eigenvalue weighted by molar-refractivity contribution is 5.89. The van der Waals surface area contributed by atoms with Gasteiger partial charge in [0, 0.05) is 5.92 Å². The number of carbonyl (C=O) groups is 1. The van der Waals surface area contributed by atoms with Gasteiger partial charge in [0.25, 0.3) is 0 Å². The van der Waals surface area contributed by atoms with Gasteiger partial charge in [-0.15, -0.1) is 0 Å². The second-order valence-corrected chi connectivity index (χ2v) is 4.84. The van der Waals surface area contributed by atoms with Crippen LogP contribution in [0.15, 0.2) is 30.3 Å². The van der Waals surface area contributed by atoms with Crippen molar-refractivity contribution in [3.63, 3.8) is 0 Å². The first-order valence-electron chi connectivity index (χ1n) is 6.10. The van der Waals surface area contributed by atoms with Crippen molar-refractivity contribution in [2.24, 2.45) is 5.92 Å². The molecule has 0 N–H and O–H groups in total. The zero-order chi connectivity index (χ0) is 11.8. The van der Waals surface area contributed by atoms with E-state index < -0.39 is 0 Å². The largest absolute Gasteiger partial charge is 0.371 e. The molecule has 90 valence electrons. The van der Waals surface area contributed by atoms with E-state index >= 15 is 0 Å². The van der Waals surface area contributed by atoms with Gasteiger partial charge in [-0.25, -0.2) is 0 Å². The molecule has 1 heterocycles. The summed E-state index contributed by atoms with van der Waals surface area (Å²) in [4.78, 5) is 12.0. The van der Waals surface area contributed by atoms with Crippen molar-refractivity contribution in [2.75, 3.05) is 0 Å². The van der Waals surface area contributed by atoms with Crippen molar-refractivity contribution in [1.29, 1.82) is 0 Å². The average molecular weight is 232 g/mol. The Bertz CT molecular complexity index is 415. The molecule has 0 radical (unpaired) electrons. The highest BCUT2D eigenvalue weighted by atomic mass is 16.6. The van der Waals surface area contributed by atoms with E-state index in [2.05, 4.69) is 0 Å². The fraction of sp³-hybridized carbons (Fsp3) is 0.500. The second kappa shape index (κ2) is 4.24. The fourth-order valence-corrected chi connectivity index (χ4v) is 2.39. The Balaban J connectivity index is 1.62. The van der Waals surface area contributed by atoms with Gasteiger partial charge in [-0.3, -0.25) is 4.79 Å². The van der Waals surface area contributed by atoms with E-state index in [0.29, 0.717) is 6.61 Å². The van der Waals surface area contributed by atoms with Crippen LogP contribution in [0.1, 0.15) is 18.9 Å². The van der Waals surface area contributed by atoms with E-state index in [9.17, 15) is 4.79 Å². The molecule has 4 atom stereocenters. The standard InChI is InChI=1S/C14H16O3/c1-9-14(13(15)11-7-12(11)17-9)16-8-10-5-3-2-4-6-10/h2-6,9,11-12,14H,7-8H2,1H3/t9-,11+,12-,14-/m1/s1. The summed E-state index contributed by atoms with van der Waals surface area (Å²) >= 11 is 0. The molecular formula is C14H16O3. The number of carbonyl (C=O) groups excluding carboxylic acids is 1. The van der Waals surface area contributed by atoms with Gasteiger partial charge in [0.2, 0.25) is 0 Å². The fourth-order valence-electron chi connectivity index (χ4n) is 2.39. The Morgan fingerprint density at radius 1 is 1.35 bits per heavy atom. The van der Waals surface area contributed by atoms with Gasteiger partial charge in [0.05, 0.1) is 18.8 Å². The van der Waals surface area contributed by atoms with Crippen LogP contribution in [-0.4, -0.2) is 24.1 Å². The number of ketones is 1. The number of hydrogen-bond donors (Lipinski definition) is 0. The van der Waals surface area contributed by atoms with Crippen LogP contribution in [0.25, 0.3) is 0 Å².